The van der Waals surface area contributed by atoms with Gasteiger partial charge in [0.25, 0.3) is 0 Å². The van der Waals surface area contributed by atoms with Gasteiger partial charge in [0.2, 0.25) is 5.91 Å². The molecular formula is C9H19N3O. The molecular weight excluding hydrogens is 166 g/mol. The Morgan fingerprint density at radius 2 is 2.08 bits per heavy atom. The maximum absolute atomic E-state index is 11.6. The maximum Gasteiger partial charge on any atom is 0.240 e. The Hall–Kier alpha value is -0.610. The van der Waals surface area contributed by atoms with Crippen LogP contribution in [0, 0.1) is 0 Å². The van der Waals surface area contributed by atoms with Crippen LogP contribution in [0.2, 0.25) is 0 Å². The molecule has 1 aliphatic rings. The van der Waals surface area contributed by atoms with E-state index in [0.29, 0.717) is 6.54 Å². The lowest BCUT2D eigenvalue weighted by molar-refractivity contribution is -0.126. The van der Waals surface area contributed by atoms with E-state index in [1.807, 2.05) is 6.92 Å². The van der Waals surface area contributed by atoms with Crippen molar-refractivity contribution in [3.63, 3.8) is 0 Å². The second-order valence-corrected chi connectivity index (χ2v) is 3.97. The molecule has 1 saturated carbocycles. The highest BCUT2D eigenvalue weighted by Crippen LogP contribution is 2.27. The largest absolute Gasteiger partial charge is 0.351 e. The molecule has 4 heteroatoms. The fourth-order valence-electron chi connectivity index (χ4n) is 1.66. The summed E-state index contributed by atoms with van der Waals surface area (Å²) in [6, 6.07) is 0.0218. The fraction of sp³-hybridized carbons (Fsp3) is 0.889. The van der Waals surface area contributed by atoms with Gasteiger partial charge in [-0.1, -0.05) is 12.8 Å². The topological polar surface area (TPSA) is 81.1 Å². The number of hydrogen-bond acceptors (Lipinski definition) is 3. The van der Waals surface area contributed by atoms with E-state index >= 15 is 0 Å². The lowest BCUT2D eigenvalue weighted by atomic mass is 9.98. The van der Waals surface area contributed by atoms with E-state index in [0.717, 1.165) is 25.7 Å². The lowest BCUT2D eigenvalue weighted by Crippen LogP contribution is -2.55. The molecule has 5 N–H and O–H groups in total. The van der Waals surface area contributed by atoms with E-state index in [9.17, 15) is 4.79 Å². The van der Waals surface area contributed by atoms with Gasteiger partial charge in [-0.2, -0.15) is 0 Å². The molecule has 1 fully saturated rings. The van der Waals surface area contributed by atoms with Gasteiger partial charge in [-0.15, -0.1) is 0 Å². The van der Waals surface area contributed by atoms with Crippen molar-refractivity contribution in [2.45, 2.75) is 44.2 Å². The third kappa shape index (κ3) is 2.42. The monoisotopic (exact) mass is 185 g/mol. The normalized spacial score (nSPS) is 22.7. The van der Waals surface area contributed by atoms with Gasteiger partial charge < -0.3 is 16.8 Å². The number of carbonyl (C=O) groups excluding carboxylic acids is 1. The van der Waals surface area contributed by atoms with E-state index < -0.39 is 5.54 Å². The number of amides is 1. The highest BCUT2D eigenvalue weighted by atomic mass is 16.2. The minimum absolute atomic E-state index is 0.0218. The van der Waals surface area contributed by atoms with Crippen molar-refractivity contribution in [2.24, 2.45) is 11.5 Å². The van der Waals surface area contributed by atoms with E-state index in [1.165, 1.54) is 0 Å². The van der Waals surface area contributed by atoms with Gasteiger partial charge in [0.05, 0.1) is 5.54 Å². The first-order valence-electron chi connectivity index (χ1n) is 4.88. The minimum atomic E-state index is -0.622. The second-order valence-electron chi connectivity index (χ2n) is 3.97. The van der Waals surface area contributed by atoms with Crippen molar-refractivity contribution >= 4 is 5.91 Å². The van der Waals surface area contributed by atoms with Gasteiger partial charge >= 0.3 is 0 Å². The molecule has 0 radical (unpaired) electrons. The summed E-state index contributed by atoms with van der Waals surface area (Å²) < 4.78 is 0. The van der Waals surface area contributed by atoms with E-state index in [2.05, 4.69) is 5.32 Å². The van der Waals surface area contributed by atoms with Gasteiger partial charge in [-0.3, -0.25) is 4.79 Å². The summed E-state index contributed by atoms with van der Waals surface area (Å²) in [6.07, 6.45) is 3.72. The number of hydrogen-bond donors (Lipinski definition) is 3. The highest BCUT2D eigenvalue weighted by molar-refractivity contribution is 5.86. The summed E-state index contributed by atoms with van der Waals surface area (Å²) >= 11 is 0. The van der Waals surface area contributed by atoms with Crippen LogP contribution in [-0.4, -0.2) is 24.0 Å². The average Bonchev–Trinajstić information content (AvgIpc) is 2.53. The average molecular weight is 185 g/mol. The predicted molar refractivity (Wildman–Crippen MR) is 52.0 cm³/mol. The Bertz CT molecular complexity index is 187. The van der Waals surface area contributed by atoms with Crippen LogP contribution in [0.15, 0.2) is 0 Å². The Morgan fingerprint density at radius 1 is 1.54 bits per heavy atom. The SMILES string of the molecule is C[C@H](CN)NC(=O)C1(N)CCCC1. The third-order valence-corrected chi connectivity index (χ3v) is 2.68. The molecule has 0 aromatic heterocycles. The molecule has 0 saturated heterocycles. The van der Waals surface area contributed by atoms with Crippen LogP contribution in [0.4, 0.5) is 0 Å². The molecule has 0 spiro atoms. The first-order chi connectivity index (χ1) is 6.08. The van der Waals surface area contributed by atoms with Crippen molar-refractivity contribution in [1.82, 2.24) is 5.32 Å². The summed E-state index contributed by atoms with van der Waals surface area (Å²) in [5.41, 5.74) is 10.7. The molecule has 0 aromatic carbocycles. The summed E-state index contributed by atoms with van der Waals surface area (Å²) in [6.45, 7) is 2.35. The predicted octanol–water partition coefficient (Wildman–Crippen LogP) is -0.279. The van der Waals surface area contributed by atoms with Crippen molar-refractivity contribution < 1.29 is 4.79 Å². The molecule has 1 atom stereocenters. The Balaban J connectivity index is 2.46. The fourth-order valence-corrected chi connectivity index (χ4v) is 1.66. The standard InChI is InChI=1S/C9H19N3O/c1-7(6-10)12-8(13)9(11)4-2-3-5-9/h7H,2-6,10-11H2,1H3,(H,12,13)/t7-/m1/s1. The van der Waals surface area contributed by atoms with Crippen molar-refractivity contribution in [3.8, 4) is 0 Å². The van der Waals surface area contributed by atoms with Crippen molar-refractivity contribution in [2.75, 3.05) is 6.54 Å². The Labute approximate surface area is 79.0 Å². The van der Waals surface area contributed by atoms with Crippen LogP contribution >= 0.6 is 0 Å². The summed E-state index contributed by atoms with van der Waals surface area (Å²) in [5, 5.41) is 2.82. The van der Waals surface area contributed by atoms with Gasteiger partial charge in [0, 0.05) is 12.6 Å². The van der Waals surface area contributed by atoms with Crippen molar-refractivity contribution in [1.29, 1.82) is 0 Å². The molecule has 13 heavy (non-hydrogen) atoms. The summed E-state index contributed by atoms with van der Waals surface area (Å²) in [4.78, 5) is 11.6. The van der Waals surface area contributed by atoms with Crippen LogP contribution in [0.25, 0.3) is 0 Å². The quantitative estimate of drug-likeness (QED) is 0.565. The van der Waals surface area contributed by atoms with E-state index in [1.54, 1.807) is 0 Å². The van der Waals surface area contributed by atoms with Crippen LogP contribution < -0.4 is 16.8 Å². The lowest BCUT2D eigenvalue weighted by Gasteiger charge is -2.24. The molecule has 0 aromatic rings. The van der Waals surface area contributed by atoms with Crippen LogP contribution in [0.1, 0.15) is 32.6 Å². The molecule has 0 aliphatic heterocycles. The van der Waals surface area contributed by atoms with Crippen LogP contribution in [0.3, 0.4) is 0 Å². The zero-order valence-electron chi connectivity index (χ0n) is 8.18. The second kappa shape index (κ2) is 4.07. The third-order valence-electron chi connectivity index (χ3n) is 2.68. The van der Waals surface area contributed by atoms with Crippen LogP contribution in [0.5, 0.6) is 0 Å². The molecule has 4 nitrogen and oxygen atoms in total. The van der Waals surface area contributed by atoms with Gasteiger partial charge in [-0.05, 0) is 19.8 Å². The zero-order chi connectivity index (χ0) is 9.90. The van der Waals surface area contributed by atoms with Crippen LogP contribution in [-0.2, 0) is 4.79 Å². The van der Waals surface area contributed by atoms with Crippen molar-refractivity contribution in [3.05, 3.63) is 0 Å². The molecule has 0 unspecified atom stereocenters. The Morgan fingerprint density at radius 3 is 2.54 bits per heavy atom. The number of nitrogens with two attached hydrogens (primary N) is 2. The van der Waals surface area contributed by atoms with Gasteiger partial charge in [0.1, 0.15) is 0 Å². The van der Waals surface area contributed by atoms with E-state index in [4.69, 9.17) is 11.5 Å². The van der Waals surface area contributed by atoms with E-state index in [-0.39, 0.29) is 11.9 Å². The number of nitrogens with one attached hydrogen (secondary N) is 1. The molecule has 1 amide bonds. The number of rotatable bonds is 3. The first-order valence-corrected chi connectivity index (χ1v) is 4.88. The molecule has 76 valence electrons. The molecule has 1 rings (SSSR count). The van der Waals surface area contributed by atoms with Gasteiger partial charge in [-0.25, -0.2) is 0 Å². The summed E-state index contributed by atoms with van der Waals surface area (Å²) in [5.74, 6) is -0.0389. The molecule has 0 heterocycles. The summed E-state index contributed by atoms with van der Waals surface area (Å²) in [7, 11) is 0. The smallest absolute Gasteiger partial charge is 0.240 e. The highest BCUT2D eigenvalue weighted by Gasteiger charge is 2.37. The first kappa shape index (κ1) is 10.5. The van der Waals surface area contributed by atoms with Gasteiger partial charge in [0.15, 0.2) is 0 Å². The maximum atomic E-state index is 11.6. The minimum Gasteiger partial charge on any atom is -0.351 e. The molecule has 0 bridgehead atoms. The Kier molecular flexibility index (Phi) is 3.27. The number of carbonyl (C=O) groups is 1. The zero-order valence-corrected chi connectivity index (χ0v) is 8.18. The molecule has 1 aliphatic carbocycles.